The highest BCUT2D eigenvalue weighted by atomic mass is 32.2. The summed E-state index contributed by atoms with van der Waals surface area (Å²) < 4.78 is 10.6. The molecule has 3 aromatic rings. The first-order valence-corrected chi connectivity index (χ1v) is 10.6. The Morgan fingerprint density at radius 1 is 1.10 bits per heavy atom. The topological polar surface area (TPSA) is 84.8 Å². The summed E-state index contributed by atoms with van der Waals surface area (Å²) in [5.74, 6) is 1.02. The Morgan fingerprint density at radius 3 is 2.67 bits per heavy atom. The third-order valence-corrected chi connectivity index (χ3v) is 5.84. The van der Waals surface area contributed by atoms with E-state index >= 15 is 0 Å². The first-order valence-electron chi connectivity index (χ1n) is 8.94. The third kappa shape index (κ3) is 4.47. The molecular formula is C21H18N4O3S2. The normalized spacial score (nSPS) is 16.0. The van der Waals surface area contributed by atoms with Gasteiger partial charge in [-0.2, -0.15) is 0 Å². The first kappa shape index (κ1) is 20.0. The van der Waals surface area contributed by atoms with E-state index < -0.39 is 0 Å². The number of nitrogens with one attached hydrogen (secondary N) is 2. The zero-order valence-corrected chi connectivity index (χ0v) is 17.8. The average molecular weight is 439 g/mol. The van der Waals surface area contributed by atoms with Gasteiger partial charge in [-0.05, 0) is 35.5 Å². The minimum Gasteiger partial charge on any atom is -0.493 e. The van der Waals surface area contributed by atoms with Gasteiger partial charge >= 0.3 is 0 Å². The highest BCUT2D eigenvalue weighted by molar-refractivity contribution is 8.18. The van der Waals surface area contributed by atoms with Crippen LogP contribution in [0.2, 0.25) is 0 Å². The molecule has 0 radical (unpaired) electrons. The quantitative estimate of drug-likeness (QED) is 0.438. The molecule has 30 heavy (non-hydrogen) atoms. The van der Waals surface area contributed by atoms with Crippen molar-refractivity contribution in [2.24, 2.45) is 5.10 Å². The van der Waals surface area contributed by atoms with Crippen LogP contribution in [-0.2, 0) is 4.79 Å². The molecule has 2 aromatic carbocycles. The van der Waals surface area contributed by atoms with Crippen molar-refractivity contribution in [1.29, 1.82) is 0 Å². The molecule has 2 N–H and O–H groups in total. The number of ether oxygens (including phenoxy) is 2. The molecule has 1 amide bonds. The number of hydrogen-bond acceptors (Lipinski definition) is 8. The molecule has 0 unspecified atom stereocenters. The summed E-state index contributed by atoms with van der Waals surface area (Å²) >= 11 is 2.70. The molecule has 1 fully saturated rings. The zero-order chi connectivity index (χ0) is 20.9. The van der Waals surface area contributed by atoms with Gasteiger partial charge in [-0.3, -0.25) is 15.5 Å². The number of carbonyl (C=O) groups excluding carboxylic acids is 1. The Labute approximate surface area is 181 Å². The van der Waals surface area contributed by atoms with E-state index in [0.717, 1.165) is 16.8 Å². The first-order chi connectivity index (χ1) is 14.7. The van der Waals surface area contributed by atoms with Crippen LogP contribution in [0.25, 0.3) is 17.3 Å². The second kappa shape index (κ2) is 9.02. The molecule has 9 heteroatoms. The largest absolute Gasteiger partial charge is 0.493 e. The van der Waals surface area contributed by atoms with Crippen LogP contribution in [0.4, 0.5) is 5.13 Å². The molecule has 2 heterocycles. The molecule has 1 aliphatic heterocycles. The fraction of sp³-hybridized carbons (Fsp3) is 0.0952. The SMILES string of the molecule is COc1ccc(/C=C2\S/C(=N\Nc3nc(-c4ccccc4)cs3)NC2=O)cc1OC. The van der Waals surface area contributed by atoms with Gasteiger partial charge in [-0.25, -0.2) is 4.98 Å². The molecule has 0 atom stereocenters. The van der Waals surface area contributed by atoms with Crippen molar-refractivity contribution < 1.29 is 14.3 Å². The van der Waals surface area contributed by atoms with Crippen LogP contribution in [0.1, 0.15) is 5.56 Å². The summed E-state index contributed by atoms with van der Waals surface area (Å²) in [6.45, 7) is 0. The van der Waals surface area contributed by atoms with E-state index in [-0.39, 0.29) is 5.91 Å². The third-order valence-electron chi connectivity index (χ3n) is 4.18. The number of carbonyl (C=O) groups is 1. The van der Waals surface area contributed by atoms with Crippen molar-refractivity contribution in [3.63, 3.8) is 0 Å². The molecule has 0 spiro atoms. The summed E-state index contributed by atoms with van der Waals surface area (Å²) in [7, 11) is 3.15. The maximum atomic E-state index is 12.3. The van der Waals surface area contributed by atoms with Crippen molar-refractivity contribution in [3.8, 4) is 22.8 Å². The van der Waals surface area contributed by atoms with Gasteiger partial charge in [0.05, 0.1) is 24.8 Å². The number of hydrazone groups is 1. The van der Waals surface area contributed by atoms with Gasteiger partial charge in [-0.15, -0.1) is 16.4 Å². The minimum atomic E-state index is -0.209. The zero-order valence-electron chi connectivity index (χ0n) is 16.2. The molecule has 1 aromatic heterocycles. The van der Waals surface area contributed by atoms with Gasteiger partial charge in [0.2, 0.25) is 5.13 Å². The fourth-order valence-electron chi connectivity index (χ4n) is 2.74. The van der Waals surface area contributed by atoms with Crippen molar-refractivity contribution in [2.45, 2.75) is 0 Å². The van der Waals surface area contributed by atoms with E-state index in [9.17, 15) is 4.79 Å². The van der Waals surface area contributed by atoms with Crippen molar-refractivity contribution in [3.05, 3.63) is 64.4 Å². The maximum absolute atomic E-state index is 12.3. The Hall–Kier alpha value is -3.30. The van der Waals surface area contributed by atoms with Crippen LogP contribution in [0.15, 0.2) is 63.9 Å². The second-order valence-corrected chi connectivity index (χ2v) is 8.00. The van der Waals surface area contributed by atoms with Crippen LogP contribution in [0.3, 0.4) is 0 Å². The number of nitrogens with zero attached hydrogens (tertiary/aromatic N) is 2. The van der Waals surface area contributed by atoms with Crippen LogP contribution in [-0.4, -0.2) is 30.3 Å². The van der Waals surface area contributed by atoms with Crippen LogP contribution in [0.5, 0.6) is 11.5 Å². The minimum absolute atomic E-state index is 0.209. The van der Waals surface area contributed by atoms with E-state index in [1.54, 1.807) is 26.4 Å². The Morgan fingerprint density at radius 2 is 1.90 bits per heavy atom. The van der Waals surface area contributed by atoms with E-state index in [1.165, 1.54) is 23.1 Å². The van der Waals surface area contributed by atoms with Gasteiger partial charge < -0.3 is 9.47 Å². The van der Waals surface area contributed by atoms with Gasteiger partial charge in [0.1, 0.15) is 0 Å². The van der Waals surface area contributed by atoms with Gasteiger partial charge in [0.25, 0.3) is 5.91 Å². The Balaban J connectivity index is 1.45. The molecular weight excluding hydrogens is 420 g/mol. The lowest BCUT2D eigenvalue weighted by molar-refractivity contribution is -0.115. The van der Waals surface area contributed by atoms with Crippen molar-refractivity contribution in [1.82, 2.24) is 10.3 Å². The summed E-state index contributed by atoms with van der Waals surface area (Å²) in [6.07, 6.45) is 1.78. The number of thiazole rings is 1. The molecule has 1 aliphatic rings. The number of amides is 1. The lowest BCUT2D eigenvalue weighted by Gasteiger charge is -2.07. The number of thioether (sulfide) groups is 1. The maximum Gasteiger partial charge on any atom is 0.264 e. The standard InChI is InChI=1S/C21H18N4O3S2/c1-27-16-9-8-13(10-17(16)28-2)11-18-19(26)23-21(30-18)25-24-20-22-15(12-29-20)14-6-4-3-5-7-14/h3-12H,1-2H3,(H,22,24)(H,23,25,26)/b18-11-. The number of rotatable bonds is 6. The molecule has 0 bridgehead atoms. The van der Waals surface area contributed by atoms with Crippen molar-refractivity contribution in [2.75, 3.05) is 19.6 Å². The second-order valence-electron chi connectivity index (χ2n) is 6.11. The fourth-order valence-corrected chi connectivity index (χ4v) is 4.18. The van der Waals surface area contributed by atoms with E-state index in [4.69, 9.17) is 9.47 Å². The van der Waals surface area contributed by atoms with Crippen molar-refractivity contribution >= 4 is 45.4 Å². The smallest absolute Gasteiger partial charge is 0.264 e. The van der Waals surface area contributed by atoms with Crippen LogP contribution in [0, 0.1) is 0 Å². The number of aromatic nitrogens is 1. The molecule has 7 nitrogen and oxygen atoms in total. The molecule has 152 valence electrons. The Kier molecular flexibility index (Phi) is 6.01. The highest BCUT2D eigenvalue weighted by Gasteiger charge is 2.24. The van der Waals surface area contributed by atoms with E-state index in [2.05, 4.69) is 20.8 Å². The highest BCUT2D eigenvalue weighted by Crippen LogP contribution is 2.31. The molecule has 4 rings (SSSR count). The number of amidine groups is 1. The predicted octanol–water partition coefficient (Wildman–Crippen LogP) is 4.41. The monoisotopic (exact) mass is 438 g/mol. The summed E-state index contributed by atoms with van der Waals surface area (Å²) in [6, 6.07) is 15.4. The van der Waals surface area contributed by atoms with Gasteiger partial charge in [-0.1, -0.05) is 36.4 Å². The van der Waals surface area contributed by atoms with E-state index in [0.29, 0.717) is 26.7 Å². The number of hydrogen-bond donors (Lipinski definition) is 2. The van der Waals surface area contributed by atoms with Crippen LogP contribution < -0.4 is 20.2 Å². The molecule has 0 saturated carbocycles. The number of anilines is 1. The predicted molar refractivity (Wildman–Crippen MR) is 122 cm³/mol. The lowest BCUT2D eigenvalue weighted by Crippen LogP contribution is -2.20. The van der Waals surface area contributed by atoms with Crippen LogP contribution >= 0.6 is 23.1 Å². The summed E-state index contributed by atoms with van der Waals surface area (Å²) in [4.78, 5) is 17.3. The molecule has 0 aliphatic carbocycles. The molecule has 1 saturated heterocycles. The lowest BCUT2D eigenvalue weighted by atomic mass is 10.2. The number of methoxy groups -OCH3 is 2. The average Bonchev–Trinajstić information content (AvgIpc) is 3.39. The Bertz CT molecular complexity index is 1130. The number of benzene rings is 2. The summed E-state index contributed by atoms with van der Waals surface area (Å²) in [5.41, 5.74) is 5.65. The van der Waals surface area contributed by atoms with Gasteiger partial charge in [0, 0.05) is 10.9 Å². The summed E-state index contributed by atoms with van der Waals surface area (Å²) in [5, 5.41) is 10.1. The van der Waals surface area contributed by atoms with Gasteiger partial charge in [0.15, 0.2) is 16.7 Å². The van der Waals surface area contributed by atoms with E-state index in [1.807, 2.05) is 47.8 Å².